The molecule has 0 aromatic heterocycles. The van der Waals surface area contributed by atoms with Crippen LogP contribution in [0.2, 0.25) is 0 Å². The van der Waals surface area contributed by atoms with Gasteiger partial charge in [-0.15, -0.1) is 0 Å². The fraction of sp³-hybridized carbons (Fsp3) is 0.222. The van der Waals surface area contributed by atoms with Gasteiger partial charge in [-0.25, -0.2) is 0 Å². The van der Waals surface area contributed by atoms with Gasteiger partial charge in [0.1, 0.15) is 5.75 Å². The zero-order valence-electron chi connectivity index (χ0n) is 6.80. The summed E-state index contributed by atoms with van der Waals surface area (Å²) in [7, 11) is 0. The molecule has 0 atom stereocenters. The molecule has 0 unspecified atom stereocenters. The Hall–Kier alpha value is -0.804. The minimum atomic E-state index is 0. The second-order valence-electron chi connectivity index (χ2n) is 2.59. The van der Waals surface area contributed by atoms with Crippen LogP contribution in [0, 0.1) is 5.41 Å². The van der Waals surface area contributed by atoms with Crippen molar-refractivity contribution >= 4 is 5.71 Å². The van der Waals surface area contributed by atoms with Crippen LogP contribution in [0.15, 0.2) is 24.3 Å². The Balaban J connectivity index is 0.00000121. The van der Waals surface area contributed by atoms with Crippen LogP contribution in [0.1, 0.15) is 12.5 Å². The first-order valence-electron chi connectivity index (χ1n) is 3.51. The van der Waals surface area contributed by atoms with Gasteiger partial charge < -0.3 is 10.5 Å². The zero-order chi connectivity index (χ0) is 8.27. The quantitative estimate of drug-likeness (QED) is 0.717. The minimum Gasteiger partial charge on any atom is -0.508 e. The fourth-order valence-corrected chi connectivity index (χ4v) is 0.946. The van der Waals surface area contributed by atoms with E-state index in [9.17, 15) is 5.11 Å². The van der Waals surface area contributed by atoms with Gasteiger partial charge in [0.2, 0.25) is 0 Å². The van der Waals surface area contributed by atoms with E-state index in [1.165, 1.54) is 0 Å². The Morgan fingerprint density at radius 1 is 1.42 bits per heavy atom. The summed E-state index contributed by atoms with van der Waals surface area (Å²) in [5, 5.41) is 16.5. The second-order valence-corrected chi connectivity index (χ2v) is 2.59. The molecule has 1 rings (SSSR count). The second kappa shape index (κ2) is 4.95. The summed E-state index contributed by atoms with van der Waals surface area (Å²) in [5.41, 5.74) is 1.38. The van der Waals surface area contributed by atoms with Gasteiger partial charge in [-0.2, -0.15) is 0 Å². The van der Waals surface area contributed by atoms with E-state index < -0.39 is 0 Å². The van der Waals surface area contributed by atoms with Crippen LogP contribution in [0.25, 0.3) is 0 Å². The molecule has 0 fully saturated rings. The van der Waals surface area contributed by atoms with Gasteiger partial charge in [-0.05, 0) is 18.6 Å². The molecule has 1 radical (unpaired) electrons. The van der Waals surface area contributed by atoms with Gasteiger partial charge in [0.25, 0.3) is 0 Å². The minimum absolute atomic E-state index is 0. The van der Waals surface area contributed by atoms with Crippen molar-refractivity contribution in [1.82, 2.24) is 0 Å². The maximum Gasteiger partial charge on any atom is 0.119 e. The molecule has 0 saturated heterocycles. The van der Waals surface area contributed by atoms with E-state index in [4.69, 9.17) is 5.41 Å². The normalized spacial score (nSPS) is 8.75. The number of rotatable bonds is 2. The number of phenolic OH excluding ortho intramolecular Hbond substituents is 1. The molecule has 1 aromatic carbocycles. The molecule has 12 heavy (non-hydrogen) atoms. The number of phenols is 1. The molecule has 0 heterocycles. The Morgan fingerprint density at radius 2 is 2.00 bits per heavy atom. The van der Waals surface area contributed by atoms with Gasteiger partial charge >= 0.3 is 0 Å². The molecule has 0 bridgehead atoms. The van der Waals surface area contributed by atoms with E-state index >= 15 is 0 Å². The van der Waals surface area contributed by atoms with E-state index in [0.717, 1.165) is 5.56 Å². The Bertz CT molecular complexity index is 273. The van der Waals surface area contributed by atoms with Crippen molar-refractivity contribution in [2.45, 2.75) is 13.3 Å². The van der Waals surface area contributed by atoms with Crippen LogP contribution < -0.4 is 0 Å². The largest absolute Gasteiger partial charge is 0.508 e. The first-order chi connectivity index (χ1) is 5.20. The van der Waals surface area contributed by atoms with Gasteiger partial charge in [-0.3, -0.25) is 0 Å². The number of para-hydroxylation sites is 1. The van der Waals surface area contributed by atoms with Crippen molar-refractivity contribution in [3.05, 3.63) is 29.8 Å². The monoisotopic (exact) mass is 208 g/mol. The van der Waals surface area contributed by atoms with E-state index in [2.05, 4.69) is 0 Å². The number of hydrogen-bond donors (Lipinski definition) is 2. The first-order valence-corrected chi connectivity index (χ1v) is 3.51. The summed E-state index contributed by atoms with van der Waals surface area (Å²) in [6.07, 6.45) is 0.534. The standard InChI is InChI=1S/C9H11NO.Co/c1-7(10)6-8-4-2-3-5-9(8)11;/h2-5,10-11H,6H2,1H3;. The molecular formula is C9H11CoNO. The topological polar surface area (TPSA) is 44.1 Å². The molecule has 0 aliphatic rings. The molecule has 0 spiro atoms. The summed E-state index contributed by atoms with van der Waals surface area (Å²) >= 11 is 0. The maximum atomic E-state index is 9.26. The predicted octanol–water partition coefficient (Wildman–Crippen LogP) is 1.97. The van der Waals surface area contributed by atoms with Crippen molar-refractivity contribution in [2.24, 2.45) is 0 Å². The molecule has 0 saturated carbocycles. The molecule has 2 nitrogen and oxygen atoms in total. The number of benzene rings is 1. The van der Waals surface area contributed by atoms with Gasteiger partial charge in [0, 0.05) is 28.9 Å². The summed E-state index contributed by atoms with van der Waals surface area (Å²) in [6, 6.07) is 7.10. The average Bonchev–Trinajstić information content (AvgIpc) is 1.93. The zero-order valence-corrected chi connectivity index (χ0v) is 7.84. The van der Waals surface area contributed by atoms with Gasteiger partial charge in [0.15, 0.2) is 0 Å². The SMILES string of the molecule is CC(=N)Cc1ccccc1O.[Co]. The van der Waals surface area contributed by atoms with Crippen LogP contribution in [-0.4, -0.2) is 10.8 Å². The molecule has 1 aromatic rings. The Kier molecular flexibility index (Phi) is 4.62. The summed E-state index contributed by atoms with van der Waals surface area (Å²) in [6.45, 7) is 1.73. The molecule has 0 aliphatic carbocycles. The molecule has 67 valence electrons. The molecule has 2 N–H and O–H groups in total. The summed E-state index contributed by atoms with van der Waals surface area (Å²) in [5.74, 6) is 0.277. The maximum absolute atomic E-state index is 9.26. The fourth-order valence-electron chi connectivity index (χ4n) is 0.946. The first kappa shape index (κ1) is 11.2. The van der Waals surface area contributed by atoms with Crippen LogP contribution in [0.4, 0.5) is 0 Å². The third kappa shape index (κ3) is 3.07. The Labute approximate surface area is 82.3 Å². The summed E-state index contributed by atoms with van der Waals surface area (Å²) < 4.78 is 0. The van der Waals surface area contributed by atoms with Crippen molar-refractivity contribution in [2.75, 3.05) is 0 Å². The molecule has 0 amide bonds. The molecule has 3 heteroatoms. The van der Waals surface area contributed by atoms with E-state index in [1.54, 1.807) is 19.1 Å². The van der Waals surface area contributed by atoms with Crippen LogP contribution in [0.5, 0.6) is 5.75 Å². The molecular weight excluding hydrogens is 197 g/mol. The van der Waals surface area contributed by atoms with Crippen LogP contribution in [0.3, 0.4) is 0 Å². The van der Waals surface area contributed by atoms with Gasteiger partial charge in [-0.1, -0.05) is 18.2 Å². The number of hydrogen-bond acceptors (Lipinski definition) is 2. The van der Waals surface area contributed by atoms with E-state index in [-0.39, 0.29) is 22.5 Å². The third-order valence-corrected chi connectivity index (χ3v) is 1.45. The van der Waals surface area contributed by atoms with Crippen LogP contribution in [-0.2, 0) is 23.2 Å². The van der Waals surface area contributed by atoms with Crippen molar-refractivity contribution in [3.63, 3.8) is 0 Å². The van der Waals surface area contributed by atoms with Crippen molar-refractivity contribution in [1.29, 1.82) is 5.41 Å². The molecule has 0 aliphatic heterocycles. The smallest absolute Gasteiger partial charge is 0.119 e. The summed E-state index contributed by atoms with van der Waals surface area (Å²) in [4.78, 5) is 0. The van der Waals surface area contributed by atoms with Gasteiger partial charge in [0.05, 0.1) is 0 Å². The van der Waals surface area contributed by atoms with E-state index in [1.807, 2.05) is 12.1 Å². The van der Waals surface area contributed by atoms with Crippen molar-refractivity contribution < 1.29 is 21.9 Å². The van der Waals surface area contributed by atoms with Crippen molar-refractivity contribution in [3.8, 4) is 5.75 Å². The predicted molar refractivity (Wildman–Crippen MR) is 45.2 cm³/mol. The number of nitrogens with one attached hydrogen (secondary N) is 1. The average molecular weight is 208 g/mol. The Morgan fingerprint density at radius 3 is 2.50 bits per heavy atom. The number of aromatic hydroxyl groups is 1. The van der Waals surface area contributed by atoms with Crippen LogP contribution >= 0.6 is 0 Å². The third-order valence-electron chi connectivity index (χ3n) is 1.45. The van der Waals surface area contributed by atoms with E-state index in [0.29, 0.717) is 12.1 Å².